The van der Waals surface area contributed by atoms with E-state index in [9.17, 15) is 9.59 Å². The van der Waals surface area contributed by atoms with Crippen LogP contribution in [0.4, 0.5) is 4.79 Å². The van der Waals surface area contributed by atoms with Crippen LogP contribution in [0.1, 0.15) is 40.4 Å². The zero-order valence-corrected chi connectivity index (χ0v) is 14.7. The Morgan fingerprint density at radius 1 is 1.26 bits per heavy atom. The highest BCUT2D eigenvalue weighted by molar-refractivity contribution is 7.14. The van der Waals surface area contributed by atoms with Crippen LogP contribution in [-0.4, -0.2) is 54.6 Å². The molecule has 0 spiro atoms. The number of rotatable bonds is 2. The average molecular weight is 336 g/mol. The van der Waals surface area contributed by atoms with E-state index < -0.39 is 0 Å². The number of hydrogen-bond donors (Lipinski definition) is 0. The fraction of sp³-hybridized carbons (Fsp3) is 0.647. The molecule has 1 aliphatic carbocycles. The zero-order chi connectivity index (χ0) is 16.4. The van der Waals surface area contributed by atoms with Crippen LogP contribution in [0.5, 0.6) is 0 Å². The Morgan fingerprint density at radius 2 is 1.96 bits per heavy atom. The minimum atomic E-state index is -0.278. The summed E-state index contributed by atoms with van der Waals surface area (Å²) in [6, 6.07) is 2.09. The molecule has 126 valence electrons. The molecule has 2 amide bonds. The van der Waals surface area contributed by atoms with Crippen LogP contribution in [0.2, 0.25) is 0 Å². The van der Waals surface area contributed by atoms with Gasteiger partial charge in [-0.2, -0.15) is 0 Å². The molecule has 1 saturated heterocycles. The van der Waals surface area contributed by atoms with Gasteiger partial charge in [-0.25, -0.2) is 4.79 Å². The Bertz CT molecular complexity index is 591. The van der Waals surface area contributed by atoms with E-state index in [-0.39, 0.29) is 12.0 Å². The van der Waals surface area contributed by atoms with Gasteiger partial charge in [0.1, 0.15) is 0 Å². The van der Waals surface area contributed by atoms with Crippen molar-refractivity contribution >= 4 is 23.3 Å². The smallest absolute Gasteiger partial charge is 0.409 e. The molecule has 1 fully saturated rings. The number of carbonyl (C=O) groups excluding carboxylic acids is 2. The van der Waals surface area contributed by atoms with Gasteiger partial charge in [0.2, 0.25) is 0 Å². The molecular formula is C17H24N2O3S. The second-order valence-corrected chi connectivity index (χ2v) is 7.52. The lowest BCUT2D eigenvalue weighted by molar-refractivity contribution is 0.0574. The number of aryl methyl sites for hydroxylation is 1. The number of piperazine rings is 1. The van der Waals surface area contributed by atoms with Gasteiger partial charge in [0.15, 0.2) is 0 Å². The fourth-order valence-electron chi connectivity index (χ4n) is 3.27. The third kappa shape index (κ3) is 3.52. The largest absolute Gasteiger partial charge is 0.450 e. The van der Waals surface area contributed by atoms with Gasteiger partial charge in [-0.15, -0.1) is 11.3 Å². The van der Waals surface area contributed by atoms with Crippen LogP contribution in [-0.2, 0) is 17.6 Å². The molecule has 0 bridgehead atoms. The topological polar surface area (TPSA) is 49.9 Å². The average Bonchev–Trinajstić information content (AvgIpc) is 2.97. The fourth-order valence-corrected chi connectivity index (χ4v) is 4.45. The van der Waals surface area contributed by atoms with Gasteiger partial charge in [-0.05, 0) is 43.7 Å². The van der Waals surface area contributed by atoms with E-state index in [1.54, 1.807) is 23.2 Å². The Labute approximate surface area is 141 Å². The van der Waals surface area contributed by atoms with Crippen LogP contribution in [0.25, 0.3) is 0 Å². The Morgan fingerprint density at radius 3 is 2.65 bits per heavy atom. The summed E-state index contributed by atoms with van der Waals surface area (Å²) in [6.07, 6.45) is 3.14. The first kappa shape index (κ1) is 16.3. The second kappa shape index (κ2) is 6.91. The molecule has 0 unspecified atom stereocenters. The minimum absolute atomic E-state index is 0.112. The first-order valence-electron chi connectivity index (χ1n) is 8.41. The first-order chi connectivity index (χ1) is 11.1. The number of amides is 2. The first-order valence-corrected chi connectivity index (χ1v) is 9.22. The molecule has 3 rings (SSSR count). The number of hydrogen-bond acceptors (Lipinski definition) is 4. The molecule has 23 heavy (non-hydrogen) atoms. The second-order valence-electron chi connectivity index (χ2n) is 6.39. The van der Waals surface area contributed by atoms with E-state index in [0.29, 0.717) is 38.7 Å². The Hall–Kier alpha value is -1.56. The van der Waals surface area contributed by atoms with Crippen LogP contribution in [0, 0.1) is 5.92 Å². The molecule has 0 N–H and O–H groups in total. The van der Waals surface area contributed by atoms with E-state index >= 15 is 0 Å². The van der Waals surface area contributed by atoms with Gasteiger partial charge >= 0.3 is 6.09 Å². The van der Waals surface area contributed by atoms with Crippen molar-refractivity contribution in [3.8, 4) is 0 Å². The highest BCUT2D eigenvalue weighted by atomic mass is 32.1. The molecule has 1 atom stereocenters. The Kier molecular flexibility index (Phi) is 4.90. The molecule has 1 aromatic rings. The zero-order valence-electron chi connectivity index (χ0n) is 13.8. The van der Waals surface area contributed by atoms with Gasteiger partial charge in [0, 0.05) is 31.1 Å². The predicted octanol–water partition coefficient (Wildman–Crippen LogP) is 2.79. The normalized spacial score (nSPS) is 21.0. The van der Waals surface area contributed by atoms with E-state index in [4.69, 9.17) is 4.74 Å². The predicted molar refractivity (Wildman–Crippen MR) is 90.0 cm³/mol. The van der Waals surface area contributed by atoms with Gasteiger partial charge in [0.05, 0.1) is 11.5 Å². The van der Waals surface area contributed by atoms with Crippen molar-refractivity contribution in [2.24, 2.45) is 5.92 Å². The van der Waals surface area contributed by atoms with Crippen LogP contribution >= 0.6 is 11.3 Å². The maximum absolute atomic E-state index is 12.7. The van der Waals surface area contributed by atoms with Crippen molar-refractivity contribution in [3.05, 3.63) is 21.4 Å². The van der Waals surface area contributed by atoms with Gasteiger partial charge < -0.3 is 14.5 Å². The molecule has 5 nitrogen and oxygen atoms in total. The summed E-state index contributed by atoms with van der Waals surface area (Å²) in [6.45, 7) is 6.72. The summed E-state index contributed by atoms with van der Waals surface area (Å²) in [5, 5.41) is 0. The van der Waals surface area contributed by atoms with Crippen LogP contribution in [0.3, 0.4) is 0 Å². The SMILES string of the molecule is CCOC(=O)N1CCN(C(=O)c2cc3c(s2)CC[C@H](C)C3)CC1. The maximum atomic E-state index is 12.7. The van der Waals surface area contributed by atoms with Crippen molar-refractivity contribution in [2.75, 3.05) is 32.8 Å². The minimum Gasteiger partial charge on any atom is -0.450 e. The lowest BCUT2D eigenvalue weighted by atomic mass is 9.90. The summed E-state index contributed by atoms with van der Waals surface area (Å²) in [7, 11) is 0. The Balaban J connectivity index is 1.61. The van der Waals surface area contributed by atoms with E-state index in [1.165, 1.54) is 16.9 Å². The molecule has 0 saturated carbocycles. The van der Waals surface area contributed by atoms with Crippen molar-refractivity contribution in [1.29, 1.82) is 0 Å². The van der Waals surface area contributed by atoms with Gasteiger partial charge in [-0.3, -0.25) is 4.79 Å². The molecule has 0 aromatic carbocycles. The lowest BCUT2D eigenvalue weighted by Gasteiger charge is -2.33. The highest BCUT2D eigenvalue weighted by Crippen LogP contribution is 2.32. The summed E-state index contributed by atoms with van der Waals surface area (Å²) >= 11 is 1.66. The number of thiophene rings is 1. The highest BCUT2D eigenvalue weighted by Gasteiger charge is 2.28. The molecule has 0 radical (unpaired) electrons. The standard InChI is InChI=1S/C17H24N2O3S/c1-3-22-17(21)19-8-6-18(7-9-19)16(20)15-11-13-10-12(2)4-5-14(13)23-15/h11-12H,3-10H2,1-2H3/t12-/m0/s1. The van der Waals surface area contributed by atoms with E-state index in [2.05, 4.69) is 13.0 Å². The number of nitrogens with zero attached hydrogens (tertiary/aromatic N) is 2. The summed E-state index contributed by atoms with van der Waals surface area (Å²) < 4.78 is 5.01. The number of carbonyl (C=O) groups is 2. The van der Waals surface area contributed by atoms with Crippen molar-refractivity contribution in [2.45, 2.75) is 33.1 Å². The van der Waals surface area contributed by atoms with Crippen molar-refractivity contribution < 1.29 is 14.3 Å². The quantitative estimate of drug-likeness (QED) is 0.834. The molecule has 6 heteroatoms. The van der Waals surface area contributed by atoms with E-state index in [1.807, 2.05) is 4.90 Å². The summed E-state index contributed by atoms with van der Waals surface area (Å²) in [4.78, 5) is 30.2. The number of ether oxygens (including phenoxy) is 1. The summed E-state index contributed by atoms with van der Waals surface area (Å²) in [5.41, 5.74) is 1.36. The van der Waals surface area contributed by atoms with Gasteiger partial charge in [0.25, 0.3) is 5.91 Å². The maximum Gasteiger partial charge on any atom is 0.409 e. The molecule has 1 aromatic heterocycles. The van der Waals surface area contributed by atoms with Crippen molar-refractivity contribution in [3.63, 3.8) is 0 Å². The van der Waals surface area contributed by atoms with Crippen LogP contribution in [0.15, 0.2) is 6.07 Å². The monoisotopic (exact) mass is 336 g/mol. The summed E-state index contributed by atoms with van der Waals surface area (Å²) in [5.74, 6) is 0.828. The third-order valence-electron chi connectivity index (χ3n) is 4.63. The molecular weight excluding hydrogens is 312 g/mol. The lowest BCUT2D eigenvalue weighted by Crippen LogP contribution is -2.50. The van der Waals surface area contributed by atoms with Crippen LogP contribution < -0.4 is 0 Å². The third-order valence-corrected chi connectivity index (χ3v) is 5.86. The van der Waals surface area contributed by atoms with Crippen molar-refractivity contribution in [1.82, 2.24) is 9.80 Å². The van der Waals surface area contributed by atoms with E-state index in [0.717, 1.165) is 17.7 Å². The molecule has 2 aliphatic rings. The number of fused-ring (bicyclic) bond motifs is 1. The molecule has 2 heterocycles. The van der Waals surface area contributed by atoms with Gasteiger partial charge in [-0.1, -0.05) is 6.92 Å². The molecule has 1 aliphatic heterocycles.